The van der Waals surface area contributed by atoms with Crippen LogP contribution in [0.3, 0.4) is 0 Å². The maximum absolute atomic E-state index is 6.54. The molecule has 0 N–H and O–H groups in total. The van der Waals surface area contributed by atoms with Crippen LogP contribution in [0.4, 0.5) is 17.1 Å². The smallest absolute Gasteiger partial charge is 0.135 e. The molecule has 0 atom stereocenters. The van der Waals surface area contributed by atoms with Gasteiger partial charge in [-0.3, -0.25) is 0 Å². The number of anilines is 3. The Morgan fingerprint density at radius 3 is 1.59 bits per heavy atom. The van der Waals surface area contributed by atoms with Crippen molar-refractivity contribution in [3.63, 3.8) is 0 Å². The van der Waals surface area contributed by atoms with Crippen LogP contribution in [0, 0.1) is 0 Å². The van der Waals surface area contributed by atoms with Crippen LogP contribution >= 0.6 is 0 Å². The van der Waals surface area contributed by atoms with Crippen molar-refractivity contribution < 1.29 is 4.74 Å². The van der Waals surface area contributed by atoms with Crippen LogP contribution in [0.1, 0.15) is 0 Å². The summed E-state index contributed by atoms with van der Waals surface area (Å²) in [5, 5.41) is 7.13. The van der Waals surface area contributed by atoms with E-state index in [1.54, 1.807) is 0 Å². The minimum atomic E-state index is 0.886. The van der Waals surface area contributed by atoms with E-state index >= 15 is 0 Å². The zero-order valence-electron chi connectivity index (χ0n) is 30.6. The molecule has 11 rings (SSSR count). The van der Waals surface area contributed by atoms with E-state index in [-0.39, 0.29) is 0 Å². The molecule has 0 spiro atoms. The summed E-state index contributed by atoms with van der Waals surface area (Å²) in [5.41, 5.74) is 12.7. The molecule has 10 aromatic rings. The molecule has 2 nitrogen and oxygen atoms in total. The number of nitrogens with zero attached hydrogens (tertiary/aromatic N) is 1. The maximum atomic E-state index is 6.54. The molecule has 10 aromatic carbocycles. The van der Waals surface area contributed by atoms with Crippen molar-refractivity contribution in [3.8, 4) is 56.0 Å². The Bertz CT molecular complexity index is 3120. The first-order valence-corrected chi connectivity index (χ1v) is 19.2. The van der Waals surface area contributed by atoms with Gasteiger partial charge >= 0.3 is 0 Å². The molecule has 0 saturated heterocycles. The monoisotopic (exact) mass is 713 g/mol. The van der Waals surface area contributed by atoms with Crippen LogP contribution in [0.5, 0.6) is 11.5 Å². The second kappa shape index (κ2) is 13.2. The Hall–Kier alpha value is -7.42. The normalized spacial score (nSPS) is 11.7. The summed E-state index contributed by atoms with van der Waals surface area (Å²) in [6.45, 7) is 0. The van der Waals surface area contributed by atoms with Gasteiger partial charge in [0, 0.05) is 27.5 Å². The van der Waals surface area contributed by atoms with Gasteiger partial charge in [0.05, 0.1) is 17.1 Å². The number of hydrogen-bond acceptors (Lipinski definition) is 2. The quantitative estimate of drug-likeness (QED) is 0.170. The third-order valence-electron chi connectivity index (χ3n) is 11.3. The fraction of sp³-hybridized carbons (Fsp3) is 0. The van der Waals surface area contributed by atoms with Crippen LogP contribution in [0.25, 0.3) is 76.8 Å². The van der Waals surface area contributed by atoms with Gasteiger partial charge in [-0.2, -0.15) is 0 Å². The SMILES string of the molecule is c1ccc(-c2cccc3cccc(-c4ccccc4N(c4ccccc4-c4ccc5c6c(cccc46)-c4ccccc4O5)c4cccc5ccccc45)c23)cc1. The van der Waals surface area contributed by atoms with Crippen LogP contribution in [0.2, 0.25) is 0 Å². The van der Waals surface area contributed by atoms with Crippen molar-refractivity contribution in [2.75, 3.05) is 4.90 Å². The minimum Gasteiger partial charge on any atom is -0.456 e. The second-order valence-electron chi connectivity index (χ2n) is 14.4. The predicted molar refractivity (Wildman–Crippen MR) is 235 cm³/mol. The zero-order chi connectivity index (χ0) is 37.0. The molecule has 1 heterocycles. The standard InChI is InChI=1S/C54H35NO/c1-2-16-37(17-3-1)40-26-12-20-38-21-13-27-46(53(38)40)43-24-7-10-31-50(43)55(48-32-14-19-36-18-4-5-22-39(36)48)49-30-9-6-23-42(49)41-34-35-52-54-45(41)28-15-29-47(54)44-25-8-11-33-51(44)56-52/h1-35H. The molecule has 0 aliphatic carbocycles. The summed E-state index contributed by atoms with van der Waals surface area (Å²) >= 11 is 0. The first-order chi connectivity index (χ1) is 27.8. The summed E-state index contributed by atoms with van der Waals surface area (Å²) in [4.78, 5) is 2.48. The van der Waals surface area contributed by atoms with Gasteiger partial charge in [-0.1, -0.05) is 176 Å². The largest absolute Gasteiger partial charge is 0.456 e. The Kier molecular flexibility index (Phi) is 7.53. The van der Waals surface area contributed by atoms with E-state index in [0.717, 1.165) is 61.6 Å². The Morgan fingerprint density at radius 1 is 0.268 bits per heavy atom. The van der Waals surface area contributed by atoms with E-state index in [2.05, 4.69) is 211 Å². The highest BCUT2D eigenvalue weighted by atomic mass is 16.5. The molecule has 0 unspecified atom stereocenters. The Labute approximate surface area is 326 Å². The van der Waals surface area contributed by atoms with Gasteiger partial charge in [-0.25, -0.2) is 0 Å². The van der Waals surface area contributed by atoms with Gasteiger partial charge in [0.2, 0.25) is 0 Å². The molecular formula is C54H35NO. The average molecular weight is 714 g/mol. The number of ether oxygens (including phenoxy) is 1. The lowest BCUT2D eigenvalue weighted by Gasteiger charge is -2.31. The van der Waals surface area contributed by atoms with Gasteiger partial charge in [0.1, 0.15) is 11.5 Å². The molecular weight excluding hydrogens is 679 g/mol. The van der Waals surface area contributed by atoms with E-state index in [1.807, 2.05) is 6.07 Å². The second-order valence-corrected chi connectivity index (χ2v) is 14.4. The molecule has 0 bridgehead atoms. The van der Waals surface area contributed by atoms with Crippen molar-refractivity contribution in [1.82, 2.24) is 0 Å². The molecule has 0 aromatic heterocycles. The van der Waals surface area contributed by atoms with Crippen molar-refractivity contribution in [2.24, 2.45) is 0 Å². The molecule has 0 amide bonds. The number of rotatable bonds is 6. The van der Waals surface area contributed by atoms with E-state index in [4.69, 9.17) is 4.74 Å². The number of hydrogen-bond donors (Lipinski definition) is 0. The lowest BCUT2D eigenvalue weighted by Crippen LogP contribution is -2.13. The molecule has 0 saturated carbocycles. The van der Waals surface area contributed by atoms with E-state index in [1.165, 1.54) is 43.8 Å². The average Bonchev–Trinajstić information content (AvgIpc) is 3.27. The van der Waals surface area contributed by atoms with E-state index in [0.29, 0.717) is 0 Å². The highest BCUT2D eigenvalue weighted by Gasteiger charge is 2.26. The van der Waals surface area contributed by atoms with Gasteiger partial charge in [-0.05, 0) is 85.8 Å². The van der Waals surface area contributed by atoms with Gasteiger partial charge in [0.15, 0.2) is 0 Å². The molecule has 1 aliphatic rings. The number of para-hydroxylation sites is 3. The lowest BCUT2D eigenvalue weighted by atomic mass is 9.89. The van der Waals surface area contributed by atoms with Gasteiger partial charge < -0.3 is 9.64 Å². The van der Waals surface area contributed by atoms with Crippen LogP contribution < -0.4 is 9.64 Å². The highest BCUT2D eigenvalue weighted by molar-refractivity contribution is 6.13. The number of fused-ring (bicyclic) bond motifs is 4. The van der Waals surface area contributed by atoms with Gasteiger partial charge in [0.25, 0.3) is 0 Å². The summed E-state index contributed by atoms with van der Waals surface area (Å²) in [6.07, 6.45) is 0. The molecule has 1 aliphatic heterocycles. The predicted octanol–water partition coefficient (Wildman–Crippen LogP) is 15.4. The fourth-order valence-corrected chi connectivity index (χ4v) is 8.82. The summed E-state index contributed by atoms with van der Waals surface area (Å²) in [7, 11) is 0. The molecule has 2 heteroatoms. The molecule has 262 valence electrons. The van der Waals surface area contributed by atoms with E-state index < -0.39 is 0 Å². The van der Waals surface area contributed by atoms with Crippen LogP contribution in [0.15, 0.2) is 212 Å². The van der Waals surface area contributed by atoms with Crippen molar-refractivity contribution in [2.45, 2.75) is 0 Å². The molecule has 56 heavy (non-hydrogen) atoms. The maximum Gasteiger partial charge on any atom is 0.135 e. The third-order valence-corrected chi connectivity index (χ3v) is 11.3. The van der Waals surface area contributed by atoms with Gasteiger partial charge in [-0.15, -0.1) is 0 Å². The Morgan fingerprint density at radius 2 is 0.786 bits per heavy atom. The van der Waals surface area contributed by atoms with Crippen LogP contribution in [-0.2, 0) is 0 Å². The summed E-state index contributed by atoms with van der Waals surface area (Å²) in [6, 6.07) is 76.5. The van der Waals surface area contributed by atoms with Crippen LogP contribution in [-0.4, -0.2) is 0 Å². The topological polar surface area (TPSA) is 12.5 Å². The Balaban J connectivity index is 1.20. The number of benzene rings is 10. The third kappa shape index (κ3) is 5.11. The zero-order valence-corrected chi connectivity index (χ0v) is 30.6. The molecule has 0 fully saturated rings. The summed E-state index contributed by atoms with van der Waals surface area (Å²) < 4.78 is 6.54. The fourth-order valence-electron chi connectivity index (χ4n) is 8.82. The molecule has 0 radical (unpaired) electrons. The van der Waals surface area contributed by atoms with Crippen molar-refractivity contribution in [3.05, 3.63) is 212 Å². The first kappa shape index (κ1) is 32.0. The van der Waals surface area contributed by atoms with E-state index in [9.17, 15) is 0 Å². The minimum absolute atomic E-state index is 0.886. The van der Waals surface area contributed by atoms with Crippen molar-refractivity contribution >= 4 is 49.4 Å². The van der Waals surface area contributed by atoms with Crippen molar-refractivity contribution in [1.29, 1.82) is 0 Å². The lowest BCUT2D eigenvalue weighted by molar-refractivity contribution is 0.487. The highest BCUT2D eigenvalue weighted by Crippen LogP contribution is 2.52. The summed E-state index contributed by atoms with van der Waals surface area (Å²) in [5.74, 6) is 1.78. The first-order valence-electron chi connectivity index (χ1n) is 19.2.